The van der Waals surface area contributed by atoms with Gasteiger partial charge >= 0.3 is 5.97 Å². The number of carbonyl (C=O) groups is 2. The molecule has 146 valence electrons. The normalized spacial score (nSPS) is 21.6. The predicted molar refractivity (Wildman–Crippen MR) is 109 cm³/mol. The van der Waals surface area contributed by atoms with E-state index in [1.54, 1.807) is 12.2 Å². The van der Waals surface area contributed by atoms with Crippen molar-refractivity contribution in [3.63, 3.8) is 0 Å². The molecule has 0 fully saturated rings. The van der Waals surface area contributed by atoms with Gasteiger partial charge in [-0.3, -0.25) is 14.6 Å². The van der Waals surface area contributed by atoms with Crippen LogP contribution in [0.25, 0.3) is 0 Å². The number of allylic oxidation sites excluding steroid dienone is 4. The number of carboxylic acids is 1. The third kappa shape index (κ3) is 3.39. The van der Waals surface area contributed by atoms with Crippen LogP contribution in [0.4, 0.5) is 11.4 Å². The van der Waals surface area contributed by atoms with Crippen LogP contribution in [0.1, 0.15) is 13.8 Å². The number of benzene rings is 1. The molecule has 1 aliphatic carbocycles. The first-order valence-electron chi connectivity index (χ1n) is 9.44. The van der Waals surface area contributed by atoms with E-state index in [0.717, 1.165) is 35.1 Å². The number of nitrogens with one attached hydrogen (secondary N) is 1. The molecular formula is C22H26N3O3+. The van der Waals surface area contributed by atoms with E-state index < -0.39 is 5.97 Å². The minimum atomic E-state index is -1.05. The van der Waals surface area contributed by atoms with Gasteiger partial charge in [0.2, 0.25) is 5.82 Å². The molecule has 0 aromatic heterocycles. The van der Waals surface area contributed by atoms with Gasteiger partial charge < -0.3 is 10.0 Å². The third-order valence-electron chi connectivity index (χ3n) is 5.27. The Kier molecular flexibility index (Phi) is 5.51. The smallest absolute Gasteiger partial charge is 0.343 e. The summed E-state index contributed by atoms with van der Waals surface area (Å²) in [6, 6.07) is 7.80. The van der Waals surface area contributed by atoms with Crippen LogP contribution in [-0.2, 0) is 9.59 Å². The van der Waals surface area contributed by atoms with E-state index in [4.69, 9.17) is 0 Å². The van der Waals surface area contributed by atoms with Crippen molar-refractivity contribution in [2.45, 2.75) is 13.8 Å². The zero-order chi connectivity index (χ0) is 20.4. The van der Waals surface area contributed by atoms with Crippen molar-refractivity contribution in [3.05, 3.63) is 71.2 Å². The molecule has 0 saturated carbocycles. The molecule has 1 aromatic rings. The molecule has 0 bridgehead atoms. The van der Waals surface area contributed by atoms with Crippen molar-refractivity contribution in [1.29, 1.82) is 0 Å². The lowest BCUT2D eigenvalue weighted by Crippen LogP contribution is -3.01. The summed E-state index contributed by atoms with van der Waals surface area (Å²) in [4.78, 5) is 29.6. The van der Waals surface area contributed by atoms with Crippen LogP contribution in [0.2, 0.25) is 0 Å². The lowest BCUT2D eigenvalue weighted by molar-refractivity contribution is -0.761. The van der Waals surface area contributed by atoms with E-state index in [1.165, 1.54) is 6.08 Å². The zero-order valence-corrected chi connectivity index (χ0v) is 16.7. The SMILES string of the molecule is CCN(CC)C1=CC(=O)C(=CC(C(=O)O)=C2N(C)c3ccccc3[NH+]2C)C=C1. The van der Waals surface area contributed by atoms with Gasteiger partial charge in [0.25, 0.3) is 0 Å². The summed E-state index contributed by atoms with van der Waals surface area (Å²) < 4.78 is 0. The third-order valence-corrected chi connectivity index (χ3v) is 5.27. The maximum Gasteiger partial charge on any atom is 0.343 e. The fourth-order valence-corrected chi connectivity index (χ4v) is 3.78. The molecule has 1 aromatic carbocycles. The lowest BCUT2D eigenvalue weighted by Gasteiger charge is -2.23. The number of carbonyl (C=O) groups excluding carboxylic acids is 1. The second-order valence-electron chi connectivity index (χ2n) is 6.81. The minimum absolute atomic E-state index is 0.115. The largest absolute Gasteiger partial charge is 0.477 e. The van der Waals surface area contributed by atoms with Crippen molar-refractivity contribution in [1.82, 2.24) is 4.90 Å². The number of quaternary nitrogens is 1. The maximum atomic E-state index is 12.6. The van der Waals surface area contributed by atoms with Gasteiger partial charge in [-0.15, -0.1) is 0 Å². The van der Waals surface area contributed by atoms with Gasteiger partial charge in [-0.2, -0.15) is 0 Å². The molecule has 6 nitrogen and oxygen atoms in total. The number of anilines is 1. The van der Waals surface area contributed by atoms with Crippen LogP contribution in [0.5, 0.6) is 0 Å². The Labute approximate surface area is 165 Å². The van der Waals surface area contributed by atoms with Crippen molar-refractivity contribution in [2.75, 3.05) is 32.1 Å². The first kappa shape index (κ1) is 19.6. The van der Waals surface area contributed by atoms with Gasteiger partial charge in [-0.05, 0) is 38.1 Å². The molecule has 1 atom stereocenters. The van der Waals surface area contributed by atoms with Gasteiger partial charge in [0.05, 0.1) is 7.05 Å². The first-order chi connectivity index (χ1) is 13.4. The Morgan fingerprint density at radius 1 is 1.21 bits per heavy atom. The fraction of sp³-hybridized carbons (Fsp3) is 0.273. The van der Waals surface area contributed by atoms with Crippen molar-refractivity contribution in [3.8, 4) is 0 Å². The van der Waals surface area contributed by atoms with Crippen molar-refractivity contribution >= 4 is 23.1 Å². The number of rotatable bonds is 5. The van der Waals surface area contributed by atoms with Crippen LogP contribution >= 0.6 is 0 Å². The van der Waals surface area contributed by atoms with Crippen molar-refractivity contribution < 1.29 is 19.6 Å². The molecule has 0 radical (unpaired) electrons. The average molecular weight is 380 g/mol. The quantitative estimate of drug-likeness (QED) is 0.764. The monoisotopic (exact) mass is 380 g/mol. The van der Waals surface area contributed by atoms with Gasteiger partial charge in [0.15, 0.2) is 11.5 Å². The fourth-order valence-electron chi connectivity index (χ4n) is 3.78. The molecule has 2 aliphatic rings. The van der Waals surface area contributed by atoms with E-state index in [9.17, 15) is 14.7 Å². The number of carboxylic acid groups (broad SMARTS) is 1. The number of hydrogen-bond donors (Lipinski definition) is 2. The summed E-state index contributed by atoms with van der Waals surface area (Å²) >= 11 is 0. The molecule has 1 aliphatic heterocycles. The maximum absolute atomic E-state index is 12.6. The molecule has 0 amide bonds. The molecular weight excluding hydrogens is 354 g/mol. The highest BCUT2D eigenvalue weighted by molar-refractivity contribution is 6.09. The van der Waals surface area contributed by atoms with E-state index in [1.807, 2.05) is 63.2 Å². The number of nitrogens with zero attached hydrogens (tertiary/aromatic N) is 2. The summed E-state index contributed by atoms with van der Waals surface area (Å²) in [7, 11) is 3.76. The highest BCUT2D eigenvalue weighted by Crippen LogP contribution is 2.30. The summed E-state index contributed by atoms with van der Waals surface area (Å²) in [5.74, 6) is -0.623. The summed E-state index contributed by atoms with van der Waals surface area (Å²) in [5.41, 5.74) is 3.31. The molecule has 1 heterocycles. The highest BCUT2D eigenvalue weighted by Gasteiger charge is 2.36. The first-order valence-corrected chi connectivity index (χ1v) is 9.44. The van der Waals surface area contributed by atoms with Crippen LogP contribution in [0.15, 0.2) is 71.2 Å². The Morgan fingerprint density at radius 3 is 2.46 bits per heavy atom. The van der Waals surface area contributed by atoms with Gasteiger partial charge in [-0.1, -0.05) is 12.1 Å². The zero-order valence-electron chi connectivity index (χ0n) is 16.7. The Bertz CT molecular complexity index is 905. The molecule has 0 saturated heterocycles. The van der Waals surface area contributed by atoms with Crippen LogP contribution in [0, 0.1) is 0 Å². The number of likely N-dealkylation sites (N-methyl/N-ethyl adjacent to an activating group) is 1. The number of fused-ring (bicyclic) bond motifs is 1. The topological polar surface area (TPSA) is 65.3 Å². The Morgan fingerprint density at radius 2 is 1.89 bits per heavy atom. The second-order valence-corrected chi connectivity index (χ2v) is 6.81. The van der Waals surface area contributed by atoms with E-state index in [0.29, 0.717) is 11.4 Å². The second kappa shape index (κ2) is 7.86. The molecule has 2 N–H and O–H groups in total. The van der Waals surface area contributed by atoms with Gasteiger partial charge in [-0.25, -0.2) is 4.79 Å². The molecule has 6 heteroatoms. The molecule has 3 rings (SSSR count). The number of ketones is 1. The van der Waals surface area contributed by atoms with Gasteiger partial charge in [0.1, 0.15) is 11.3 Å². The van der Waals surface area contributed by atoms with E-state index in [2.05, 4.69) is 4.90 Å². The van der Waals surface area contributed by atoms with Gasteiger partial charge in [0, 0.05) is 43.5 Å². The minimum Gasteiger partial charge on any atom is -0.477 e. The predicted octanol–water partition coefficient (Wildman–Crippen LogP) is 1.87. The number of para-hydroxylation sites is 2. The number of aliphatic carboxylic acids is 1. The molecule has 1 unspecified atom stereocenters. The Hall–Kier alpha value is -3.12. The Balaban J connectivity index is 2.02. The lowest BCUT2D eigenvalue weighted by atomic mass is 10.0. The molecule has 0 spiro atoms. The van der Waals surface area contributed by atoms with Crippen LogP contribution < -0.4 is 9.80 Å². The van der Waals surface area contributed by atoms with Crippen LogP contribution in [0.3, 0.4) is 0 Å². The molecule has 28 heavy (non-hydrogen) atoms. The summed E-state index contributed by atoms with van der Waals surface area (Å²) in [6.45, 7) is 5.68. The standard InChI is InChI=1S/C22H25N3O3/c1-5-25(6-2)16-12-11-15(20(26)14-16)13-17(22(27)28)21-23(3)18-9-7-8-10-19(18)24(21)4/h7-14H,5-6H2,1-4H3,(H,27,28)/p+1. The summed E-state index contributed by atoms with van der Waals surface area (Å²) in [6.07, 6.45) is 6.63. The average Bonchev–Trinajstić information content (AvgIpc) is 2.93. The van der Waals surface area contributed by atoms with E-state index in [-0.39, 0.29) is 11.4 Å². The van der Waals surface area contributed by atoms with E-state index >= 15 is 0 Å². The van der Waals surface area contributed by atoms with Crippen molar-refractivity contribution in [2.24, 2.45) is 0 Å². The van der Waals surface area contributed by atoms with Crippen LogP contribution in [-0.4, -0.2) is 48.9 Å². The number of hydrogen-bond acceptors (Lipinski definition) is 4. The summed E-state index contributed by atoms with van der Waals surface area (Å²) in [5, 5.41) is 9.88. The highest BCUT2D eigenvalue weighted by atomic mass is 16.4.